The summed E-state index contributed by atoms with van der Waals surface area (Å²) in [5.74, 6) is -0.862. The van der Waals surface area contributed by atoms with E-state index in [2.05, 4.69) is 0 Å². The second kappa shape index (κ2) is 11.6. The number of hydrogen-bond donors (Lipinski definition) is 0. The van der Waals surface area contributed by atoms with Crippen LogP contribution in [-0.4, -0.2) is 57.1 Å². The molecule has 0 aromatic rings. The fourth-order valence-corrected chi connectivity index (χ4v) is 5.30. The van der Waals surface area contributed by atoms with E-state index in [0.717, 1.165) is 32.1 Å². The van der Waals surface area contributed by atoms with Crippen LogP contribution in [-0.2, 0) is 33.6 Å². The molecule has 0 aliphatic carbocycles. The summed E-state index contributed by atoms with van der Waals surface area (Å²) in [5, 5.41) is 0. The molecule has 2 unspecified atom stereocenters. The van der Waals surface area contributed by atoms with Crippen LogP contribution in [0.4, 0.5) is 0 Å². The van der Waals surface area contributed by atoms with E-state index in [4.69, 9.17) is 13.7 Å². The molecule has 8 nitrogen and oxygen atoms in total. The van der Waals surface area contributed by atoms with Crippen molar-refractivity contribution in [1.29, 1.82) is 0 Å². The number of piperidine rings is 1. The van der Waals surface area contributed by atoms with Crippen molar-refractivity contribution in [3.63, 3.8) is 0 Å². The molecular weight excluding hydrogens is 422 g/mol. The third-order valence-electron chi connectivity index (χ3n) is 6.21. The van der Waals surface area contributed by atoms with Gasteiger partial charge in [0, 0.05) is 26.1 Å². The first-order valence-corrected chi connectivity index (χ1v) is 12.9. The zero-order valence-electron chi connectivity index (χ0n) is 19.4. The van der Waals surface area contributed by atoms with E-state index in [1.165, 1.54) is 4.31 Å². The summed E-state index contributed by atoms with van der Waals surface area (Å²) in [6, 6.07) is 0. The standard InChI is InChI=1S/C22H39NO7S/c1-5-28-20(24)9-7-6-8-17-10-13-23(14-11-17)31(26,27)30-21(25)18-12-15-29-19(16-18)22(2,3)4/h17-19H,5-16H2,1-4H3. The smallest absolute Gasteiger partial charge is 0.387 e. The number of esters is 1. The number of rotatable bonds is 9. The molecule has 2 aliphatic rings. The molecule has 180 valence electrons. The van der Waals surface area contributed by atoms with Gasteiger partial charge < -0.3 is 13.7 Å². The van der Waals surface area contributed by atoms with E-state index in [-0.39, 0.29) is 17.5 Å². The molecule has 2 saturated heterocycles. The highest BCUT2D eigenvalue weighted by atomic mass is 32.2. The van der Waals surface area contributed by atoms with Gasteiger partial charge in [-0.3, -0.25) is 9.59 Å². The van der Waals surface area contributed by atoms with Gasteiger partial charge in [-0.1, -0.05) is 33.6 Å². The molecule has 31 heavy (non-hydrogen) atoms. The Labute approximate surface area is 187 Å². The Balaban J connectivity index is 1.74. The maximum absolute atomic E-state index is 12.6. The first-order chi connectivity index (χ1) is 14.5. The zero-order valence-corrected chi connectivity index (χ0v) is 20.2. The Morgan fingerprint density at radius 1 is 1.10 bits per heavy atom. The Morgan fingerprint density at radius 3 is 2.39 bits per heavy atom. The van der Waals surface area contributed by atoms with Gasteiger partial charge in [0.2, 0.25) is 0 Å². The first kappa shape index (κ1) is 26.1. The van der Waals surface area contributed by atoms with Crippen LogP contribution in [0.15, 0.2) is 0 Å². The van der Waals surface area contributed by atoms with Crippen molar-refractivity contribution in [3.05, 3.63) is 0 Å². The van der Waals surface area contributed by atoms with Crippen molar-refractivity contribution < 1.29 is 31.7 Å². The van der Waals surface area contributed by atoms with E-state index < -0.39 is 22.2 Å². The van der Waals surface area contributed by atoms with Crippen LogP contribution >= 0.6 is 0 Å². The SMILES string of the molecule is CCOC(=O)CCCCC1CCN(S(=O)(=O)OC(=O)C2CCOC(C(C)(C)C)C2)CC1. The molecule has 2 atom stereocenters. The summed E-state index contributed by atoms with van der Waals surface area (Å²) in [6.07, 6.45) is 5.43. The van der Waals surface area contributed by atoms with Gasteiger partial charge in [-0.2, -0.15) is 12.7 Å². The summed E-state index contributed by atoms with van der Waals surface area (Å²) in [4.78, 5) is 23.9. The molecule has 0 N–H and O–H groups in total. The maximum Gasteiger partial charge on any atom is 0.387 e. The summed E-state index contributed by atoms with van der Waals surface area (Å²) in [5.41, 5.74) is -0.115. The Bertz CT molecular complexity index is 693. The Morgan fingerprint density at radius 2 is 1.77 bits per heavy atom. The number of carbonyl (C=O) groups excluding carboxylic acids is 2. The quantitative estimate of drug-likeness (QED) is 0.383. The van der Waals surface area contributed by atoms with E-state index in [9.17, 15) is 18.0 Å². The minimum absolute atomic E-state index is 0.0962. The van der Waals surface area contributed by atoms with Gasteiger partial charge in [-0.15, -0.1) is 0 Å². The molecule has 0 aromatic carbocycles. The van der Waals surface area contributed by atoms with E-state index >= 15 is 0 Å². The molecule has 0 bridgehead atoms. The average molecular weight is 462 g/mol. The summed E-state index contributed by atoms with van der Waals surface area (Å²) >= 11 is 0. The molecule has 0 amide bonds. The predicted molar refractivity (Wildman–Crippen MR) is 116 cm³/mol. The van der Waals surface area contributed by atoms with Crippen LogP contribution in [0, 0.1) is 17.3 Å². The van der Waals surface area contributed by atoms with Crippen molar-refractivity contribution in [1.82, 2.24) is 4.31 Å². The van der Waals surface area contributed by atoms with E-state index in [1.54, 1.807) is 6.92 Å². The van der Waals surface area contributed by atoms with Gasteiger partial charge >= 0.3 is 22.2 Å². The van der Waals surface area contributed by atoms with Crippen LogP contribution in [0.5, 0.6) is 0 Å². The van der Waals surface area contributed by atoms with Crippen LogP contribution in [0.2, 0.25) is 0 Å². The lowest BCUT2D eigenvalue weighted by atomic mass is 9.81. The third kappa shape index (κ3) is 8.35. The summed E-state index contributed by atoms with van der Waals surface area (Å²) in [6.45, 7) is 9.48. The number of carbonyl (C=O) groups is 2. The molecule has 0 radical (unpaired) electrons. The Hall–Kier alpha value is -1.19. The third-order valence-corrected chi connectivity index (χ3v) is 7.58. The number of nitrogens with zero attached hydrogens (tertiary/aromatic N) is 1. The topological polar surface area (TPSA) is 99.2 Å². The van der Waals surface area contributed by atoms with Crippen molar-refractivity contribution in [2.75, 3.05) is 26.3 Å². The van der Waals surface area contributed by atoms with Gasteiger partial charge in [0.15, 0.2) is 0 Å². The van der Waals surface area contributed by atoms with Gasteiger partial charge in [-0.05, 0) is 50.4 Å². The van der Waals surface area contributed by atoms with Gasteiger partial charge in [0.1, 0.15) is 0 Å². The van der Waals surface area contributed by atoms with E-state index in [0.29, 0.717) is 51.5 Å². The maximum atomic E-state index is 12.6. The van der Waals surface area contributed by atoms with Crippen molar-refractivity contribution in [2.45, 2.75) is 85.2 Å². The van der Waals surface area contributed by atoms with Gasteiger partial charge in [-0.25, -0.2) is 0 Å². The highest BCUT2D eigenvalue weighted by Gasteiger charge is 2.38. The predicted octanol–water partition coefficient (Wildman–Crippen LogP) is 3.45. The highest BCUT2D eigenvalue weighted by molar-refractivity contribution is 7.84. The molecular formula is C22H39NO7S. The van der Waals surface area contributed by atoms with Crippen LogP contribution in [0.25, 0.3) is 0 Å². The summed E-state index contributed by atoms with van der Waals surface area (Å²) < 4.78 is 42.2. The fourth-order valence-electron chi connectivity index (χ4n) is 4.20. The largest absolute Gasteiger partial charge is 0.466 e. The molecule has 2 aliphatic heterocycles. The van der Waals surface area contributed by atoms with E-state index in [1.807, 2.05) is 20.8 Å². The molecule has 2 rings (SSSR count). The lowest BCUT2D eigenvalue weighted by Gasteiger charge is -2.37. The van der Waals surface area contributed by atoms with Crippen molar-refractivity contribution in [3.8, 4) is 0 Å². The molecule has 0 saturated carbocycles. The van der Waals surface area contributed by atoms with Gasteiger partial charge in [0.05, 0.1) is 18.6 Å². The normalized spacial score (nSPS) is 24.0. The molecule has 2 fully saturated rings. The molecule has 0 spiro atoms. The highest BCUT2D eigenvalue weighted by Crippen LogP contribution is 2.33. The Kier molecular flexibility index (Phi) is 9.76. The summed E-state index contributed by atoms with van der Waals surface area (Å²) in [7, 11) is -4.07. The van der Waals surface area contributed by atoms with Crippen LogP contribution in [0.1, 0.15) is 79.1 Å². The van der Waals surface area contributed by atoms with Gasteiger partial charge in [0.25, 0.3) is 0 Å². The van der Waals surface area contributed by atoms with Crippen LogP contribution in [0.3, 0.4) is 0 Å². The minimum Gasteiger partial charge on any atom is -0.466 e. The average Bonchev–Trinajstić information content (AvgIpc) is 2.71. The fraction of sp³-hybridized carbons (Fsp3) is 0.909. The number of unbranched alkanes of at least 4 members (excludes halogenated alkanes) is 1. The molecule has 2 heterocycles. The lowest BCUT2D eigenvalue weighted by Crippen LogP contribution is -2.43. The van der Waals surface area contributed by atoms with Crippen molar-refractivity contribution >= 4 is 22.2 Å². The minimum atomic E-state index is -4.07. The zero-order chi connectivity index (χ0) is 23.1. The second-order valence-corrected chi connectivity index (χ2v) is 11.2. The number of ether oxygens (including phenoxy) is 2. The van der Waals surface area contributed by atoms with Crippen LogP contribution < -0.4 is 0 Å². The second-order valence-electron chi connectivity index (χ2n) is 9.70. The first-order valence-electron chi connectivity index (χ1n) is 11.5. The molecule has 9 heteroatoms. The lowest BCUT2D eigenvalue weighted by molar-refractivity contribution is -0.147. The molecule has 0 aromatic heterocycles. The number of hydrogen-bond acceptors (Lipinski definition) is 7. The van der Waals surface area contributed by atoms with Crippen molar-refractivity contribution in [2.24, 2.45) is 17.3 Å². The monoisotopic (exact) mass is 461 g/mol.